The molecule has 2 fully saturated rings. The monoisotopic (exact) mass is 607 g/mol. The molecule has 2 aliphatic rings. The van der Waals surface area contributed by atoms with Gasteiger partial charge in [-0.25, -0.2) is 8.78 Å². The minimum Gasteiger partial charge on any atom is -0.391 e. The average Bonchev–Trinajstić information content (AvgIpc) is 3.32. The molecule has 1 aromatic carbocycles. The first-order valence-electron chi connectivity index (χ1n) is 14.0. The predicted octanol–water partition coefficient (Wildman–Crippen LogP) is 5.08. The lowest BCUT2D eigenvalue weighted by Gasteiger charge is -2.36. The Balaban J connectivity index is 1.84. The molecule has 4 rings (SSSR count). The first-order valence-corrected chi connectivity index (χ1v) is 14.0. The van der Waals surface area contributed by atoms with Crippen LogP contribution in [-0.2, 0) is 21.2 Å². The second kappa shape index (κ2) is 12.1. The van der Waals surface area contributed by atoms with Crippen LogP contribution in [0.2, 0.25) is 0 Å². The fourth-order valence-electron chi connectivity index (χ4n) is 5.49. The summed E-state index contributed by atoms with van der Waals surface area (Å²) in [6.07, 6.45) is -3.53. The number of benzene rings is 1. The van der Waals surface area contributed by atoms with Crippen molar-refractivity contribution < 1.29 is 36.6 Å². The van der Waals surface area contributed by atoms with E-state index in [0.29, 0.717) is 6.20 Å². The summed E-state index contributed by atoms with van der Waals surface area (Å²) in [5.41, 5.74) is -0.659. The predicted molar refractivity (Wildman–Crippen MR) is 147 cm³/mol. The van der Waals surface area contributed by atoms with Gasteiger partial charge < -0.3 is 10.4 Å². The first kappa shape index (κ1) is 32.1. The van der Waals surface area contributed by atoms with Crippen LogP contribution in [-0.4, -0.2) is 57.5 Å². The van der Waals surface area contributed by atoms with Crippen molar-refractivity contribution >= 4 is 17.5 Å². The van der Waals surface area contributed by atoms with E-state index in [1.807, 2.05) is 27.0 Å². The number of aliphatic hydroxyl groups is 1. The Bertz CT molecular complexity index is 1360. The zero-order chi connectivity index (χ0) is 31.7. The van der Waals surface area contributed by atoms with Gasteiger partial charge in [0.15, 0.2) is 6.19 Å². The highest BCUT2D eigenvalue weighted by Gasteiger charge is 2.44. The Hall–Kier alpha value is -3.79. The highest BCUT2D eigenvalue weighted by Crippen LogP contribution is 2.37. The van der Waals surface area contributed by atoms with Gasteiger partial charge in [-0.15, -0.1) is 0 Å². The largest absolute Gasteiger partial charge is 0.417 e. The van der Waals surface area contributed by atoms with Crippen molar-refractivity contribution in [2.45, 2.75) is 94.6 Å². The van der Waals surface area contributed by atoms with Gasteiger partial charge in [-0.05, 0) is 42.0 Å². The molecule has 2 amide bonds. The third-order valence-electron chi connectivity index (χ3n) is 7.91. The SMILES string of the molecule is CC(C)(C)c1ccc(N(C(=O)[C@H]2C[C@@H](O)CN2C#N)C(C(=O)NC2CCC(F)(F)CC2)c2cncc(C(F)(F)F)c2)cc1. The number of nitrogens with one attached hydrogen (secondary N) is 1. The minimum atomic E-state index is -4.81. The van der Waals surface area contributed by atoms with Crippen molar-refractivity contribution in [1.82, 2.24) is 15.2 Å². The highest BCUT2D eigenvalue weighted by molar-refractivity contribution is 6.04. The topological polar surface area (TPSA) is 110 Å². The molecule has 0 radical (unpaired) electrons. The van der Waals surface area contributed by atoms with Gasteiger partial charge >= 0.3 is 6.18 Å². The molecule has 2 aromatic rings. The smallest absolute Gasteiger partial charge is 0.391 e. The highest BCUT2D eigenvalue weighted by atomic mass is 19.4. The van der Waals surface area contributed by atoms with Crippen LogP contribution in [0.3, 0.4) is 0 Å². The average molecular weight is 608 g/mol. The molecule has 13 heteroatoms. The number of hydrogen-bond donors (Lipinski definition) is 2. The number of anilines is 1. The maximum absolute atomic E-state index is 14.2. The Labute approximate surface area is 246 Å². The molecular weight excluding hydrogens is 573 g/mol. The lowest BCUT2D eigenvalue weighted by atomic mass is 9.87. The fraction of sp³-hybridized carbons (Fsp3) is 0.533. The number of aliphatic hydroxyl groups excluding tert-OH is 1. The zero-order valence-electron chi connectivity index (χ0n) is 24.0. The number of carbonyl (C=O) groups excluding carboxylic acids is 2. The van der Waals surface area contributed by atoms with E-state index in [9.17, 15) is 41.9 Å². The zero-order valence-corrected chi connectivity index (χ0v) is 24.0. The molecule has 1 aliphatic heterocycles. The van der Waals surface area contributed by atoms with Gasteiger partial charge in [0.1, 0.15) is 12.1 Å². The molecule has 0 bridgehead atoms. The van der Waals surface area contributed by atoms with E-state index in [1.54, 1.807) is 24.3 Å². The summed E-state index contributed by atoms with van der Waals surface area (Å²) in [6.45, 7) is 5.76. The number of carbonyl (C=O) groups is 2. The molecule has 1 unspecified atom stereocenters. The van der Waals surface area contributed by atoms with Gasteiger partial charge in [-0.1, -0.05) is 32.9 Å². The Morgan fingerprint density at radius 1 is 1.12 bits per heavy atom. The second-order valence-electron chi connectivity index (χ2n) is 12.2. The Morgan fingerprint density at radius 3 is 2.30 bits per heavy atom. The summed E-state index contributed by atoms with van der Waals surface area (Å²) in [7, 11) is 0. The van der Waals surface area contributed by atoms with E-state index in [0.717, 1.165) is 27.6 Å². The number of nitriles is 1. The van der Waals surface area contributed by atoms with Crippen LogP contribution in [0.4, 0.5) is 27.6 Å². The lowest BCUT2D eigenvalue weighted by molar-refractivity contribution is -0.138. The summed E-state index contributed by atoms with van der Waals surface area (Å²) >= 11 is 0. The normalized spacial score (nSPS) is 21.6. The summed E-state index contributed by atoms with van der Waals surface area (Å²) in [5.74, 6) is -4.56. The molecule has 232 valence electrons. The third-order valence-corrected chi connectivity index (χ3v) is 7.91. The summed E-state index contributed by atoms with van der Waals surface area (Å²) in [4.78, 5) is 34.0. The van der Waals surface area contributed by atoms with Crippen LogP contribution in [0, 0.1) is 11.5 Å². The number of likely N-dealkylation sites (tertiary alicyclic amines) is 1. The van der Waals surface area contributed by atoms with Crippen molar-refractivity contribution in [3.8, 4) is 6.19 Å². The van der Waals surface area contributed by atoms with Crippen LogP contribution in [0.15, 0.2) is 42.7 Å². The summed E-state index contributed by atoms with van der Waals surface area (Å²) in [6, 6.07) is 3.69. The van der Waals surface area contributed by atoms with Gasteiger partial charge in [0.05, 0.1) is 18.2 Å². The second-order valence-corrected chi connectivity index (χ2v) is 12.2. The number of hydrogen-bond acceptors (Lipinski definition) is 6. The van der Waals surface area contributed by atoms with E-state index in [2.05, 4.69) is 10.3 Å². The van der Waals surface area contributed by atoms with Gasteiger partial charge in [0, 0.05) is 48.9 Å². The number of aromatic nitrogens is 1. The third kappa shape index (κ3) is 7.41. The van der Waals surface area contributed by atoms with Crippen LogP contribution in [0.5, 0.6) is 0 Å². The number of rotatable bonds is 6. The molecule has 3 atom stereocenters. The molecular formula is C30H34F5N5O3. The van der Waals surface area contributed by atoms with E-state index >= 15 is 0 Å². The van der Waals surface area contributed by atoms with Crippen molar-refractivity contribution in [3.63, 3.8) is 0 Å². The number of amides is 2. The molecule has 8 nitrogen and oxygen atoms in total. The number of alkyl halides is 5. The van der Waals surface area contributed by atoms with E-state index < -0.39 is 66.5 Å². The maximum atomic E-state index is 14.2. The van der Waals surface area contributed by atoms with Crippen LogP contribution < -0.4 is 10.2 Å². The van der Waals surface area contributed by atoms with Crippen molar-refractivity contribution in [1.29, 1.82) is 5.26 Å². The molecule has 2 heterocycles. The van der Waals surface area contributed by atoms with Crippen molar-refractivity contribution in [2.24, 2.45) is 0 Å². The van der Waals surface area contributed by atoms with Crippen LogP contribution in [0.1, 0.15) is 75.6 Å². The fourth-order valence-corrected chi connectivity index (χ4v) is 5.49. The standard InChI is InChI=1S/C30H34F5N5O3/c1-28(2,3)19-4-6-22(7-5-19)40(27(43)24-13-23(41)16-39(24)17-36)25(18-12-20(15-37-14-18)30(33,34)35)26(42)38-21-8-10-29(31,32)11-9-21/h4-7,12,14-15,21,23-25,41H,8-11,13,16H2,1-3H3,(H,38,42)/t23-,24-,25?/m1/s1. The minimum absolute atomic E-state index is 0.0580. The van der Waals surface area contributed by atoms with E-state index in [1.165, 1.54) is 0 Å². The lowest BCUT2D eigenvalue weighted by Crippen LogP contribution is -2.52. The molecule has 1 saturated carbocycles. The number of halogens is 5. The molecule has 1 saturated heterocycles. The van der Waals surface area contributed by atoms with Gasteiger partial charge in [-0.3, -0.25) is 24.4 Å². The molecule has 0 spiro atoms. The summed E-state index contributed by atoms with van der Waals surface area (Å²) in [5, 5.41) is 22.6. The van der Waals surface area contributed by atoms with Crippen LogP contribution in [0.25, 0.3) is 0 Å². The van der Waals surface area contributed by atoms with Gasteiger partial charge in [0.25, 0.3) is 5.91 Å². The molecule has 2 N–H and O–H groups in total. The van der Waals surface area contributed by atoms with E-state index in [4.69, 9.17) is 0 Å². The quantitative estimate of drug-likeness (QED) is 0.350. The van der Waals surface area contributed by atoms with E-state index in [-0.39, 0.29) is 42.5 Å². The molecule has 1 aliphatic carbocycles. The van der Waals surface area contributed by atoms with Gasteiger partial charge in [0.2, 0.25) is 11.8 Å². The number of pyridine rings is 1. The maximum Gasteiger partial charge on any atom is 0.417 e. The molecule has 1 aromatic heterocycles. The van der Waals surface area contributed by atoms with Crippen LogP contribution >= 0.6 is 0 Å². The van der Waals surface area contributed by atoms with Crippen molar-refractivity contribution in [3.05, 3.63) is 59.4 Å². The van der Waals surface area contributed by atoms with Crippen molar-refractivity contribution in [2.75, 3.05) is 11.4 Å². The summed E-state index contributed by atoms with van der Waals surface area (Å²) < 4.78 is 68.8. The number of nitrogens with zero attached hydrogens (tertiary/aromatic N) is 4. The Morgan fingerprint density at radius 2 is 1.74 bits per heavy atom. The Kier molecular flexibility index (Phi) is 9.02. The van der Waals surface area contributed by atoms with Gasteiger partial charge in [-0.2, -0.15) is 18.4 Å². The first-order chi connectivity index (χ1) is 20.0. The molecule has 43 heavy (non-hydrogen) atoms. The number of β-amino-alcohol motifs (C(OH)–C–C–N with tert-alkyl or cyclic N) is 1.